The number of piperazine rings is 1. The van der Waals surface area contributed by atoms with Crippen LogP contribution in [0.4, 0.5) is 10.1 Å². The average Bonchev–Trinajstić information content (AvgIpc) is 3.33. The standard InChI is InChI=1S/C27H30FN3O4S/c1-18-5-4-6-19(13-18)14-20-15-21(36-17-20)16-29-26(34)24(32)25(33)27(35)31-11-9-30(10-12-31)23-8-3-2-7-22(23)28/h2-8,13,15,17,24-25,32-33H,9-12,14,16H2,1H3,(H,29,34)/t24-,25-/m1/s1. The van der Waals surface area contributed by atoms with E-state index in [2.05, 4.69) is 17.4 Å². The van der Waals surface area contributed by atoms with Crippen LogP contribution in [0, 0.1) is 12.7 Å². The zero-order chi connectivity index (χ0) is 25.7. The van der Waals surface area contributed by atoms with Gasteiger partial charge in [-0.15, -0.1) is 11.3 Å². The van der Waals surface area contributed by atoms with Crippen molar-refractivity contribution in [2.45, 2.75) is 32.1 Å². The molecule has 2 aromatic carbocycles. The normalized spacial score (nSPS) is 15.4. The van der Waals surface area contributed by atoms with Gasteiger partial charge in [-0.2, -0.15) is 0 Å². The summed E-state index contributed by atoms with van der Waals surface area (Å²) >= 11 is 1.50. The van der Waals surface area contributed by atoms with Crippen LogP contribution in [-0.2, 0) is 22.6 Å². The fraction of sp³-hybridized carbons (Fsp3) is 0.333. The lowest BCUT2D eigenvalue weighted by Crippen LogP contribution is -2.55. The van der Waals surface area contributed by atoms with Gasteiger partial charge in [0.25, 0.3) is 11.8 Å². The van der Waals surface area contributed by atoms with Gasteiger partial charge in [0, 0.05) is 31.1 Å². The molecule has 36 heavy (non-hydrogen) atoms. The number of benzene rings is 2. The second-order valence-corrected chi connectivity index (χ2v) is 9.95. The Labute approximate surface area is 213 Å². The molecule has 7 nitrogen and oxygen atoms in total. The van der Waals surface area contributed by atoms with E-state index in [1.54, 1.807) is 18.2 Å². The smallest absolute Gasteiger partial charge is 0.254 e. The van der Waals surface area contributed by atoms with E-state index in [-0.39, 0.29) is 25.5 Å². The van der Waals surface area contributed by atoms with Crippen molar-refractivity contribution in [3.05, 3.63) is 87.4 Å². The number of aliphatic hydroxyl groups is 2. The first-order chi connectivity index (χ1) is 17.3. The summed E-state index contributed by atoms with van der Waals surface area (Å²) in [6, 6.07) is 16.7. The predicted octanol–water partition coefficient (Wildman–Crippen LogP) is 2.47. The number of amides is 2. The number of aryl methyl sites for hydroxylation is 1. The molecule has 0 bridgehead atoms. The van der Waals surface area contributed by atoms with Gasteiger partial charge in [0.05, 0.1) is 12.2 Å². The molecule has 0 unspecified atom stereocenters. The summed E-state index contributed by atoms with van der Waals surface area (Å²) in [6.07, 6.45) is -2.97. The van der Waals surface area contributed by atoms with Crippen LogP contribution in [0.2, 0.25) is 0 Å². The highest BCUT2D eigenvalue weighted by molar-refractivity contribution is 7.10. The highest BCUT2D eigenvalue weighted by Crippen LogP contribution is 2.21. The number of anilines is 1. The molecule has 1 aliphatic rings. The van der Waals surface area contributed by atoms with E-state index >= 15 is 0 Å². The van der Waals surface area contributed by atoms with E-state index in [1.165, 1.54) is 33.4 Å². The van der Waals surface area contributed by atoms with E-state index in [4.69, 9.17) is 0 Å². The Hall–Kier alpha value is -3.27. The van der Waals surface area contributed by atoms with E-state index in [1.807, 2.05) is 35.4 Å². The quantitative estimate of drug-likeness (QED) is 0.432. The summed E-state index contributed by atoms with van der Waals surface area (Å²) in [4.78, 5) is 29.2. The fourth-order valence-electron chi connectivity index (χ4n) is 4.29. The molecule has 0 saturated carbocycles. The Balaban J connectivity index is 1.25. The molecule has 3 aromatic rings. The van der Waals surface area contributed by atoms with Crippen LogP contribution in [0.1, 0.15) is 21.6 Å². The molecule has 1 aromatic heterocycles. The van der Waals surface area contributed by atoms with E-state index in [0.717, 1.165) is 16.9 Å². The van der Waals surface area contributed by atoms with Crippen molar-refractivity contribution in [2.24, 2.45) is 0 Å². The van der Waals surface area contributed by atoms with Crippen LogP contribution in [0.25, 0.3) is 0 Å². The first-order valence-corrected chi connectivity index (χ1v) is 12.7. The highest BCUT2D eigenvalue weighted by Gasteiger charge is 2.34. The van der Waals surface area contributed by atoms with Crippen LogP contribution in [0.15, 0.2) is 60.0 Å². The van der Waals surface area contributed by atoms with Gasteiger partial charge in [-0.1, -0.05) is 42.0 Å². The second-order valence-electron chi connectivity index (χ2n) is 8.96. The number of hydrogen-bond donors (Lipinski definition) is 3. The molecular weight excluding hydrogens is 481 g/mol. The molecule has 190 valence electrons. The first kappa shape index (κ1) is 25.8. The van der Waals surface area contributed by atoms with Crippen molar-refractivity contribution < 1.29 is 24.2 Å². The number of para-hydroxylation sites is 1. The minimum atomic E-state index is -1.88. The van der Waals surface area contributed by atoms with Crippen LogP contribution >= 0.6 is 11.3 Å². The number of halogens is 1. The Kier molecular flexibility index (Phi) is 8.35. The summed E-state index contributed by atoms with van der Waals surface area (Å²) in [5.41, 5.74) is 3.99. The summed E-state index contributed by atoms with van der Waals surface area (Å²) in [6.45, 7) is 3.50. The zero-order valence-corrected chi connectivity index (χ0v) is 20.9. The lowest BCUT2D eigenvalue weighted by molar-refractivity contribution is -0.153. The molecule has 3 N–H and O–H groups in total. The first-order valence-electron chi connectivity index (χ1n) is 11.9. The van der Waals surface area contributed by atoms with Crippen molar-refractivity contribution in [3.63, 3.8) is 0 Å². The van der Waals surface area contributed by atoms with Crippen LogP contribution in [0.5, 0.6) is 0 Å². The molecule has 2 heterocycles. The Morgan fingerprint density at radius 3 is 2.47 bits per heavy atom. The third-order valence-electron chi connectivity index (χ3n) is 6.24. The fourth-order valence-corrected chi connectivity index (χ4v) is 5.12. The molecule has 1 fully saturated rings. The van der Waals surface area contributed by atoms with E-state index < -0.39 is 24.0 Å². The molecule has 4 rings (SSSR count). The molecule has 1 aliphatic heterocycles. The van der Waals surface area contributed by atoms with Gasteiger partial charge in [-0.05, 0) is 48.1 Å². The van der Waals surface area contributed by atoms with Gasteiger partial charge in [-0.3, -0.25) is 9.59 Å². The number of rotatable bonds is 8. The number of nitrogens with one attached hydrogen (secondary N) is 1. The van der Waals surface area contributed by atoms with E-state index in [0.29, 0.717) is 18.8 Å². The number of carbonyl (C=O) groups is 2. The third-order valence-corrected chi connectivity index (χ3v) is 7.23. The molecule has 9 heteroatoms. The van der Waals surface area contributed by atoms with Gasteiger partial charge in [-0.25, -0.2) is 4.39 Å². The summed E-state index contributed by atoms with van der Waals surface area (Å²) in [5, 5.41) is 25.3. The molecule has 0 aliphatic carbocycles. The lowest BCUT2D eigenvalue weighted by atomic mass is 10.1. The Morgan fingerprint density at radius 2 is 1.75 bits per heavy atom. The van der Waals surface area contributed by atoms with Crippen molar-refractivity contribution in [3.8, 4) is 0 Å². The van der Waals surface area contributed by atoms with Crippen LogP contribution < -0.4 is 10.2 Å². The number of thiophene rings is 1. The minimum absolute atomic E-state index is 0.191. The van der Waals surface area contributed by atoms with Crippen molar-refractivity contribution >= 4 is 28.8 Å². The molecule has 2 amide bonds. The zero-order valence-electron chi connectivity index (χ0n) is 20.1. The molecular formula is C27H30FN3O4S. The molecule has 0 spiro atoms. The number of nitrogens with zero attached hydrogens (tertiary/aromatic N) is 2. The third kappa shape index (κ3) is 6.29. The SMILES string of the molecule is Cc1cccc(Cc2csc(CNC(=O)[C@H](O)[C@@H](O)C(=O)N3CCN(c4ccccc4F)CC3)c2)c1. The molecule has 2 atom stereocenters. The predicted molar refractivity (Wildman–Crippen MR) is 137 cm³/mol. The van der Waals surface area contributed by atoms with Crippen molar-refractivity contribution in [1.29, 1.82) is 0 Å². The summed E-state index contributed by atoms with van der Waals surface area (Å²) in [7, 11) is 0. The van der Waals surface area contributed by atoms with E-state index in [9.17, 15) is 24.2 Å². The average molecular weight is 512 g/mol. The summed E-state index contributed by atoms with van der Waals surface area (Å²) < 4.78 is 14.0. The van der Waals surface area contributed by atoms with Gasteiger partial charge < -0.3 is 25.3 Å². The maximum atomic E-state index is 14.0. The maximum Gasteiger partial charge on any atom is 0.254 e. The Bertz CT molecular complexity index is 1210. The monoisotopic (exact) mass is 511 g/mol. The number of hydrogen-bond acceptors (Lipinski definition) is 6. The lowest BCUT2D eigenvalue weighted by Gasteiger charge is -2.37. The number of aliphatic hydroxyl groups excluding tert-OH is 2. The number of carbonyl (C=O) groups excluding carboxylic acids is 2. The second kappa shape index (κ2) is 11.6. The van der Waals surface area contributed by atoms with Crippen molar-refractivity contribution in [1.82, 2.24) is 10.2 Å². The summed E-state index contributed by atoms with van der Waals surface area (Å²) in [5.74, 6) is -1.87. The highest BCUT2D eigenvalue weighted by atomic mass is 32.1. The van der Waals surface area contributed by atoms with Gasteiger partial charge >= 0.3 is 0 Å². The topological polar surface area (TPSA) is 93.1 Å². The van der Waals surface area contributed by atoms with Gasteiger partial charge in [0.1, 0.15) is 5.82 Å². The molecule has 1 saturated heterocycles. The van der Waals surface area contributed by atoms with Gasteiger partial charge in [0.15, 0.2) is 12.2 Å². The van der Waals surface area contributed by atoms with Crippen LogP contribution in [0.3, 0.4) is 0 Å². The van der Waals surface area contributed by atoms with Gasteiger partial charge in [0.2, 0.25) is 0 Å². The van der Waals surface area contributed by atoms with Crippen molar-refractivity contribution in [2.75, 3.05) is 31.1 Å². The van der Waals surface area contributed by atoms with Crippen LogP contribution in [-0.4, -0.2) is 65.3 Å². The largest absolute Gasteiger partial charge is 0.380 e. The minimum Gasteiger partial charge on any atom is -0.380 e. The maximum absolute atomic E-state index is 14.0. The Morgan fingerprint density at radius 1 is 1.00 bits per heavy atom. The molecule has 0 radical (unpaired) electrons.